The van der Waals surface area contributed by atoms with E-state index in [0.717, 1.165) is 0 Å². The molecule has 0 radical (unpaired) electrons. The van der Waals surface area contributed by atoms with Gasteiger partial charge in [-0.3, -0.25) is 9.48 Å². The summed E-state index contributed by atoms with van der Waals surface area (Å²) in [5, 5.41) is 13.2. The minimum absolute atomic E-state index is 0.509. The first-order chi connectivity index (χ1) is 7.09. The van der Waals surface area contributed by atoms with E-state index in [1.54, 1.807) is 6.92 Å². The molecule has 1 heterocycles. The number of aryl methyl sites for hydroxylation is 1. The highest BCUT2D eigenvalue weighted by atomic mass is 16.4. The Morgan fingerprint density at radius 1 is 1.67 bits per heavy atom. The van der Waals surface area contributed by atoms with Crippen LogP contribution in [-0.2, 0) is 11.8 Å². The van der Waals surface area contributed by atoms with Crippen molar-refractivity contribution in [1.29, 1.82) is 0 Å². The molecular weight excluding hydrogens is 192 g/mol. The lowest BCUT2D eigenvalue weighted by molar-refractivity contribution is -0.138. The summed E-state index contributed by atoms with van der Waals surface area (Å²) < 4.78 is 1.83. The molecular formula is C11H16N2O2. The monoisotopic (exact) mass is 208 g/mol. The molecule has 1 aliphatic rings. The van der Waals surface area contributed by atoms with Crippen molar-refractivity contribution in [3.8, 4) is 0 Å². The molecule has 1 aromatic rings. The summed E-state index contributed by atoms with van der Waals surface area (Å²) in [6.07, 6.45) is 3.69. The Kier molecular flexibility index (Phi) is 2.50. The predicted molar refractivity (Wildman–Crippen MR) is 55.9 cm³/mol. The number of rotatable bonds is 3. The Balaban J connectivity index is 2.23. The molecule has 0 spiro atoms. The number of aliphatic carboxylic acids is 1. The van der Waals surface area contributed by atoms with Crippen LogP contribution < -0.4 is 0 Å². The fourth-order valence-corrected chi connectivity index (χ4v) is 1.93. The van der Waals surface area contributed by atoms with Gasteiger partial charge in [-0.2, -0.15) is 5.10 Å². The molecule has 1 saturated carbocycles. The van der Waals surface area contributed by atoms with Gasteiger partial charge in [0.1, 0.15) is 0 Å². The number of hydrogen-bond donors (Lipinski definition) is 1. The van der Waals surface area contributed by atoms with E-state index in [9.17, 15) is 4.79 Å². The van der Waals surface area contributed by atoms with Crippen LogP contribution in [0.5, 0.6) is 0 Å². The summed E-state index contributed by atoms with van der Waals surface area (Å²) in [5.74, 6) is -0.726. The van der Waals surface area contributed by atoms with E-state index in [-0.39, 0.29) is 0 Å². The predicted octanol–water partition coefficient (Wildman–Crippen LogP) is 1.88. The Hall–Kier alpha value is -1.32. The van der Waals surface area contributed by atoms with Gasteiger partial charge in [0.15, 0.2) is 0 Å². The van der Waals surface area contributed by atoms with E-state index in [0.29, 0.717) is 11.6 Å². The molecule has 82 valence electrons. The lowest BCUT2D eigenvalue weighted by Gasteiger charge is -2.25. The van der Waals surface area contributed by atoms with Gasteiger partial charge in [-0.25, -0.2) is 0 Å². The Morgan fingerprint density at radius 2 is 2.33 bits per heavy atom. The van der Waals surface area contributed by atoms with Crippen molar-refractivity contribution in [2.45, 2.75) is 38.0 Å². The molecule has 4 nitrogen and oxygen atoms in total. The summed E-state index contributed by atoms with van der Waals surface area (Å²) in [7, 11) is 1.89. The zero-order valence-electron chi connectivity index (χ0n) is 9.10. The lowest BCUT2D eigenvalue weighted by atomic mass is 9.82. The third-order valence-corrected chi connectivity index (χ3v) is 3.27. The van der Waals surface area contributed by atoms with Crippen molar-refractivity contribution in [2.75, 3.05) is 0 Å². The maximum Gasteiger partial charge on any atom is 0.312 e. The second-order valence-electron chi connectivity index (χ2n) is 4.31. The average molecular weight is 208 g/mol. The van der Waals surface area contributed by atoms with Crippen molar-refractivity contribution in [1.82, 2.24) is 9.78 Å². The molecule has 1 unspecified atom stereocenters. The molecule has 1 aromatic heterocycles. The summed E-state index contributed by atoms with van der Waals surface area (Å²) in [4.78, 5) is 10.8. The average Bonchev–Trinajstić information content (AvgIpc) is 2.44. The number of carboxylic acid groups (broad SMARTS) is 1. The molecule has 15 heavy (non-hydrogen) atoms. The molecule has 0 saturated heterocycles. The Morgan fingerprint density at radius 3 is 2.80 bits per heavy atom. The van der Waals surface area contributed by atoms with E-state index in [1.807, 2.05) is 17.8 Å². The molecule has 0 aromatic carbocycles. The van der Waals surface area contributed by atoms with Gasteiger partial charge < -0.3 is 5.11 Å². The summed E-state index contributed by atoms with van der Waals surface area (Å²) in [6.45, 7) is 1.68. The van der Waals surface area contributed by atoms with Crippen LogP contribution in [0, 0.1) is 0 Å². The van der Waals surface area contributed by atoms with Crippen molar-refractivity contribution in [3.63, 3.8) is 0 Å². The molecule has 1 fully saturated rings. The van der Waals surface area contributed by atoms with Crippen LogP contribution in [0.1, 0.15) is 49.4 Å². The van der Waals surface area contributed by atoms with Gasteiger partial charge in [-0.1, -0.05) is 6.42 Å². The van der Waals surface area contributed by atoms with Gasteiger partial charge in [-0.05, 0) is 25.8 Å². The summed E-state index contributed by atoms with van der Waals surface area (Å²) in [6, 6.07) is 1.95. The minimum atomic E-state index is -0.812. The van der Waals surface area contributed by atoms with Crippen LogP contribution in [-0.4, -0.2) is 20.9 Å². The first-order valence-corrected chi connectivity index (χ1v) is 5.36. The fourth-order valence-electron chi connectivity index (χ4n) is 1.93. The molecule has 2 rings (SSSR count). The number of hydrogen-bond acceptors (Lipinski definition) is 2. The first kappa shape index (κ1) is 10.2. The maximum absolute atomic E-state index is 10.8. The topological polar surface area (TPSA) is 55.1 Å². The fraction of sp³-hybridized carbons (Fsp3) is 0.636. The van der Waals surface area contributed by atoms with E-state index in [2.05, 4.69) is 5.10 Å². The van der Waals surface area contributed by atoms with Gasteiger partial charge in [0.05, 0.1) is 11.6 Å². The summed E-state index contributed by atoms with van der Waals surface area (Å²) in [5.41, 5.74) is 1.86. The van der Waals surface area contributed by atoms with Gasteiger partial charge in [0.2, 0.25) is 0 Å². The van der Waals surface area contributed by atoms with Crippen LogP contribution in [0.2, 0.25) is 0 Å². The van der Waals surface area contributed by atoms with Crippen LogP contribution in [0.25, 0.3) is 0 Å². The zero-order valence-corrected chi connectivity index (χ0v) is 9.10. The SMILES string of the molecule is CC(C(=O)O)c1cc(C2CCC2)n(C)n1. The molecule has 1 aliphatic carbocycles. The van der Waals surface area contributed by atoms with E-state index < -0.39 is 11.9 Å². The Bertz CT molecular complexity index is 380. The first-order valence-electron chi connectivity index (χ1n) is 5.36. The van der Waals surface area contributed by atoms with Crippen LogP contribution >= 0.6 is 0 Å². The van der Waals surface area contributed by atoms with E-state index in [4.69, 9.17) is 5.11 Å². The standard InChI is InChI=1S/C11H16N2O2/c1-7(11(14)15)9-6-10(13(2)12-9)8-4-3-5-8/h6-8H,3-5H2,1-2H3,(H,14,15). The third kappa shape index (κ3) is 1.76. The smallest absolute Gasteiger partial charge is 0.312 e. The molecule has 1 N–H and O–H groups in total. The largest absolute Gasteiger partial charge is 0.481 e. The highest BCUT2D eigenvalue weighted by Gasteiger charge is 2.25. The highest BCUT2D eigenvalue weighted by molar-refractivity contribution is 5.74. The second kappa shape index (κ2) is 3.68. The van der Waals surface area contributed by atoms with Gasteiger partial charge in [-0.15, -0.1) is 0 Å². The number of aromatic nitrogens is 2. The number of carbonyl (C=O) groups is 1. The van der Waals surface area contributed by atoms with Crippen molar-refractivity contribution >= 4 is 5.97 Å². The van der Waals surface area contributed by atoms with Crippen LogP contribution in [0.15, 0.2) is 6.07 Å². The number of nitrogens with zero attached hydrogens (tertiary/aromatic N) is 2. The van der Waals surface area contributed by atoms with Crippen molar-refractivity contribution < 1.29 is 9.90 Å². The van der Waals surface area contributed by atoms with Crippen molar-refractivity contribution in [3.05, 3.63) is 17.5 Å². The van der Waals surface area contributed by atoms with E-state index >= 15 is 0 Å². The second-order valence-corrected chi connectivity index (χ2v) is 4.31. The summed E-state index contributed by atoms with van der Waals surface area (Å²) >= 11 is 0. The molecule has 0 aliphatic heterocycles. The normalized spacial score (nSPS) is 18.5. The Labute approximate surface area is 88.9 Å². The minimum Gasteiger partial charge on any atom is -0.481 e. The van der Waals surface area contributed by atoms with Crippen LogP contribution in [0.3, 0.4) is 0 Å². The van der Waals surface area contributed by atoms with Gasteiger partial charge >= 0.3 is 5.97 Å². The van der Waals surface area contributed by atoms with Gasteiger partial charge in [0, 0.05) is 18.7 Å². The molecule has 4 heteroatoms. The lowest BCUT2D eigenvalue weighted by Crippen LogP contribution is -2.12. The van der Waals surface area contributed by atoms with Crippen molar-refractivity contribution in [2.24, 2.45) is 7.05 Å². The maximum atomic E-state index is 10.8. The molecule has 0 bridgehead atoms. The number of carboxylic acids is 1. The zero-order chi connectivity index (χ0) is 11.0. The molecule has 1 atom stereocenters. The van der Waals surface area contributed by atoms with Gasteiger partial charge in [0.25, 0.3) is 0 Å². The third-order valence-electron chi connectivity index (χ3n) is 3.27. The van der Waals surface area contributed by atoms with E-state index in [1.165, 1.54) is 25.0 Å². The quantitative estimate of drug-likeness (QED) is 0.825. The highest BCUT2D eigenvalue weighted by Crippen LogP contribution is 2.36. The van der Waals surface area contributed by atoms with Crippen LogP contribution in [0.4, 0.5) is 0 Å². The molecule has 0 amide bonds.